The first kappa shape index (κ1) is 9.68. The second kappa shape index (κ2) is 4.57. The summed E-state index contributed by atoms with van der Waals surface area (Å²) in [4.78, 5) is 2.32. The highest BCUT2D eigenvalue weighted by molar-refractivity contribution is 7.96. The number of hydrogen-bond donors (Lipinski definition) is 1. The minimum Gasteiger partial charge on any atom is -0.361 e. The molecule has 4 heteroatoms. The minimum atomic E-state index is 1.02. The van der Waals surface area contributed by atoms with E-state index in [1.807, 2.05) is 30.3 Å². The fourth-order valence-electron chi connectivity index (χ4n) is 1.52. The first-order valence-corrected chi connectivity index (χ1v) is 5.91. The maximum absolute atomic E-state index is 3.21. The summed E-state index contributed by atoms with van der Waals surface area (Å²) in [7, 11) is 0. The first-order valence-electron chi connectivity index (χ1n) is 4.73. The van der Waals surface area contributed by atoms with Gasteiger partial charge < -0.3 is 10.2 Å². The monoisotopic (exact) mass is 209 g/mol. The summed E-state index contributed by atoms with van der Waals surface area (Å²) in [5.41, 5.74) is 1.16. The van der Waals surface area contributed by atoms with Crippen LogP contribution < -0.4 is 5.32 Å². The van der Waals surface area contributed by atoms with Gasteiger partial charge in [0.15, 0.2) is 0 Å². The lowest BCUT2D eigenvalue weighted by Crippen LogP contribution is -2.18. The van der Waals surface area contributed by atoms with Crippen LogP contribution in [0.15, 0.2) is 36.3 Å². The lowest BCUT2D eigenvalue weighted by molar-refractivity contribution is 0.413. The van der Waals surface area contributed by atoms with Gasteiger partial charge in [-0.05, 0) is 18.4 Å². The van der Waals surface area contributed by atoms with Crippen LogP contribution in [0.5, 0.6) is 0 Å². The number of allylic oxidation sites excluding steroid dienone is 3. The number of rotatable bonds is 2. The number of hydrogen-bond acceptors (Lipinski definition) is 4. The van der Waals surface area contributed by atoms with Crippen LogP contribution >= 0.6 is 11.9 Å². The molecule has 0 atom stereocenters. The van der Waals surface area contributed by atoms with Crippen LogP contribution in [0.2, 0.25) is 0 Å². The van der Waals surface area contributed by atoms with Gasteiger partial charge in [0.2, 0.25) is 0 Å². The van der Waals surface area contributed by atoms with E-state index in [1.165, 1.54) is 0 Å². The van der Waals surface area contributed by atoms with Crippen molar-refractivity contribution in [2.75, 3.05) is 26.0 Å². The molecule has 3 nitrogen and oxygen atoms in total. The van der Waals surface area contributed by atoms with Crippen LogP contribution in [0, 0.1) is 0 Å². The van der Waals surface area contributed by atoms with Crippen molar-refractivity contribution in [2.45, 2.75) is 0 Å². The summed E-state index contributed by atoms with van der Waals surface area (Å²) in [6.07, 6.45) is 12.4. The normalized spacial score (nSPS) is 24.6. The minimum absolute atomic E-state index is 1.02. The largest absolute Gasteiger partial charge is 0.361 e. The first-order chi connectivity index (χ1) is 6.88. The third kappa shape index (κ3) is 2.33. The van der Waals surface area contributed by atoms with Gasteiger partial charge in [-0.15, -0.1) is 0 Å². The van der Waals surface area contributed by atoms with Crippen molar-refractivity contribution in [1.82, 2.24) is 14.5 Å². The summed E-state index contributed by atoms with van der Waals surface area (Å²) in [6, 6.07) is 0. The van der Waals surface area contributed by atoms with Crippen molar-refractivity contribution in [3.63, 3.8) is 0 Å². The molecule has 2 aliphatic heterocycles. The van der Waals surface area contributed by atoms with Crippen LogP contribution in [-0.2, 0) is 0 Å². The van der Waals surface area contributed by atoms with Gasteiger partial charge in [-0.25, -0.2) is 4.31 Å². The average Bonchev–Trinajstić information content (AvgIpc) is 2.67. The third-order valence-electron chi connectivity index (χ3n) is 2.29. The number of nitrogens with one attached hydrogen (secondary N) is 1. The van der Waals surface area contributed by atoms with E-state index in [9.17, 15) is 0 Å². The smallest absolute Gasteiger partial charge is 0.0799 e. The highest BCUT2D eigenvalue weighted by Crippen LogP contribution is 2.14. The van der Waals surface area contributed by atoms with Gasteiger partial charge in [-0.1, -0.05) is 18.0 Å². The zero-order valence-electron chi connectivity index (χ0n) is 8.31. The van der Waals surface area contributed by atoms with Crippen LogP contribution in [0.25, 0.3) is 0 Å². The third-order valence-corrected chi connectivity index (χ3v) is 3.10. The molecule has 0 aromatic carbocycles. The van der Waals surface area contributed by atoms with E-state index < -0.39 is 0 Å². The second-order valence-electron chi connectivity index (χ2n) is 3.29. The molecule has 14 heavy (non-hydrogen) atoms. The predicted octanol–water partition coefficient (Wildman–Crippen LogP) is 1.35. The van der Waals surface area contributed by atoms with Crippen molar-refractivity contribution in [2.24, 2.45) is 0 Å². The molecular weight excluding hydrogens is 194 g/mol. The predicted molar refractivity (Wildman–Crippen MR) is 61.3 cm³/mol. The van der Waals surface area contributed by atoms with Gasteiger partial charge in [0.1, 0.15) is 0 Å². The van der Waals surface area contributed by atoms with E-state index in [4.69, 9.17) is 0 Å². The van der Waals surface area contributed by atoms with E-state index >= 15 is 0 Å². The fourth-order valence-corrected chi connectivity index (χ4v) is 2.05. The van der Waals surface area contributed by atoms with Crippen molar-refractivity contribution < 1.29 is 0 Å². The SMILES string of the molecule is CSN1CCN(/C=C2/C=CC=CN2)C1. The molecule has 0 saturated carbocycles. The Bertz CT molecular complexity index is 283. The topological polar surface area (TPSA) is 18.5 Å². The maximum atomic E-state index is 3.21. The molecule has 0 aromatic rings. The van der Waals surface area contributed by atoms with Gasteiger partial charge in [-0.3, -0.25) is 0 Å². The lowest BCUT2D eigenvalue weighted by atomic mass is 10.3. The molecule has 1 fully saturated rings. The van der Waals surface area contributed by atoms with E-state index in [1.54, 1.807) is 0 Å². The molecule has 76 valence electrons. The van der Waals surface area contributed by atoms with Crippen molar-refractivity contribution >= 4 is 11.9 Å². The van der Waals surface area contributed by atoms with Crippen molar-refractivity contribution in [3.8, 4) is 0 Å². The highest BCUT2D eigenvalue weighted by Gasteiger charge is 2.16. The Labute approximate surface area is 89.3 Å². The average molecular weight is 209 g/mol. The molecule has 0 unspecified atom stereocenters. The molecule has 1 saturated heterocycles. The lowest BCUT2D eigenvalue weighted by Gasteiger charge is -2.15. The van der Waals surface area contributed by atoms with E-state index in [0.29, 0.717) is 0 Å². The molecule has 2 rings (SSSR count). The molecule has 2 heterocycles. The van der Waals surface area contributed by atoms with Crippen LogP contribution in [0.3, 0.4) is 0 Å². The summed E-state index contributed by atoms with van der Waals surface area (Å²) in [5, 5.41) is 3.21. The zero-order chi connectivity index (χ0) is 9.80. The Hall–Kier alpha value is -0.870. The van der Waals surface area contributed by atoms with Gasteiger partial charge in [0, 0.05) is 25.5 Å². The van der Waals surface area contributed by atoms with E-state index in [0.717, 1.165) is 25.5 Å². The summed E-state index contributed by atoms with van der Waals surface area (Å²) in [5.74, 6) is 0. The second-order valence-corrected chi connectivity index (χ2v) is 4.17. The molecule has 0 amide bonds. The maximum Gasteiger partial charge on any atom is 0.0799 e. The van der Waals surface area contributed by atoms with Crippen molar-refractivity contribution in [1.29, 1.82) is 0 Å². The van der Waals surface area contributed by atoms with Crippen molar-refractivity contribution in [3.05, 3.63) is 36.3 Å². The molecule has 0 spiro atoms. The summed E-state index contributed by atoms with van der Waals surface area (Å²) >= 11 is 1.81. The molecular formula is C10H15N3S. The Morgan fingerprint density at radius 3 is 3.00 bits per heavy atom. The summed E-state index contributed by atoms with van der Waals surface area (Å²) in [6.45, 7) is 3.28. The molecule has 2 aliphatic rings. The molecule has 0 bridgehead atoms. The highest BCUT2D eigenvalue weighted by atomic mass is 32.2. The Morgan fingerprint density at radius 2 is 2.36 bits per heavy atom. The van der Waals surface area contributed by atoms with E-state index in [2.05, 4.69) is 33.1 Å². The fraction of sp³-hybridized carbons (Fsp3) is 0.400. The van der Waals surface area contributed by atoms with Gasteiger partial charge in [0.25, 0.3) is 0 Å². The molecule has 0 aromatic heterocycles. The Balaban J connectivity index is 1.91. The molecule has 1 N–H and O–H groups in total. The Morgan fingerprint density at radius 1 is 1.43 bits per heavy atom. The Kier molecular flexibility index (Phi) is 3.16. The van der Waals surface area contributed by atoms with Crippen LogP contribution in [0.1, 0.15) is 0 Å². The van der Waals surface area contributed by atoms with E-state index in [-0.39, 0.29) is 0 Å². The standard InChI is InChI=1S/C10H15N3S/c1-14-13-7-6-12(9-13)8-10-4-2-3-5-11-10/h2-5,8,11H,6-7,9H2,1H3/b10-8-. The molecule has 0 aliphatic carbocycles. The number of nitrogens with zero attached hydrogens (tertiary/aromatic N) is 2. The quantitative estimate of drug-likeness (QED) is 0.692. The summed E-state index contributed by atoms with van der Waals surface area (Å²) < 4.78 is 2.35. The number of dihydropyridines is 1. The van der Waals surface area contributed by atoms with Gasteiger partial charge >= 0.3 is 0 Å². The zero-order valence-corrected chi connectivity index (χ0v) is 9.13. The molecule has 0 radical (unpaired) electrons. The van der Waals surface area contributed by atoms with Gasteiger partial charge in [0.05, 0.1) is 12.4 Å². The van der Waals surface area contributed by atoms with Gasteiger partial charge in [-0.2, -0.15) is 0 Å². The van der Waals surface area contributed by atoms with Crippen LogP contribution in [0.4, 0.5) is 0 Å². The van der Waals surface area contributed by atoms with Crippen LogP contribution in [-0.4, -0.2) is 35.2 Å².